The molecular formula is C14H18N4O. The maximum Gasteiger partial charge on any atom is 0.142 e. The Bertz CT molecular complexity index is 611. The summed E-state index contributed by atoms with van der Waals surface area (Å²) in [5.74, 6) is 2.59. The SMILES string of the molecule is COc1ccc(C)cc1Nc1nc(C)nc(N)c1C. The molecule has 0 atom stereocenters. The van der Waals surface area contributed by atoms with E-state index in [1.54, 1.807) is 7.11 Å². The van der Waals surface area contributed by atoms with Crippen molar-refractivity contribution in [2.75, 3.05) is 18.2 Å². The zero-order valence-corrected chi connectivity index (χ0v) is 11.6. The largest absolute Gasteiger partial charge is 0.495 e. The molecule has 0 saturated carbocycles. The minimum Gasteiger partial charge on any atom is -0.495 e. The molecule has 1 heterocycles. The van der Waals surface area contributed by atoms with Crippen LogP contribution < -0.4 is 15.8 Å². The zero-order valence-electron chi connectivity index (χ0n) is 11.6. The number of anilines is 3. The van der Waals surface area contributed by atoms with E-state index in [1.165, 1.54) is 0 Å². The highest BCUT2D eigenvalue weighted by molar-refractivity contribution is 5.69. The van der Waals surface area contributed by atoms with Crippen molar-refractivity contribution < 1.29 is 4.74 Å². The number of hydrogen-bond acceptors (Lipinski definition) is 5. The smallest absolute Gasteiger partial charge is 0.142 e. The third kappa shape index (κ3) is 2.76. The van der Waals surface area contributed by atoms with Crippen LogP contribution in [-0.2, 0) is 0 Å². The van der Waals surface area contributed by atoms with Crippen LogP contribution in [0.5, 0.6) is 5.75 Å². The zero-order chi connectivity index (χ0) is 14.0. The lowest BCUT2D eigenvalue weighted by molar-refractivity contribution is 0.416. The molecule has 0 fully saturated rings. The average Bonchev–Trinajstić information content (AvgIpc) is 2.35. The van der Waals surface area contributed by atoms with E-state index in [4.69, 9.17) is 10.5 Å². The van der Waals surface area contributed by atoms with Gasteiger partial charge in [0, 0.05) is 5.56 Å². The lowest BCUT2D eigenvalue weighted by Gasteiger charge is -2.14. The molecule has 0 bridgehead atoms. The lowest BCUT2D eigenvalue weighted by Crippen LogP contribution is -2.05. The normalized spacial score (nSPS) is 10.3. The van der Waals surface area contributed by atoms with Gasteiger partial charge in [0.15, 0.2) is 0 Å². The molecule has 100 valence electrons. The van der Waals surface area contributed by atoms with E-state index in [0.29, 0.717) is 17.5 Å². The Morgan fingerprint density at radius 2 is 1.89 bits per heavy atom. The molecule has 2 rings (SSSR count). The molecule has 0 saturated heterocycles. The molecule has 0 aliphatic rings. The van der Waals surface area contributed by atoms with Crippen LogP contribution in [-0.4, -0.2) is 17.1 Å². The molecule has 0 unspecified atom stereocenters. The third-order valence-corrected chi connectivity index (χ3v) is 2.90. The van der Waals surface area contributed by atoms with Crippen molar-refractivity contribution >= 4 is 17.3 Å². The molecule has 0 spiro atoms. The number of ether oxygens (including phenoxy) is 1. The van der Waals surface area contributed by atoms with E-state index in [9.17, 15) is 0 Å². The molecule has 5 nitrogen and oxygen atoms in total. The van der Waals surface area contributed by atoms with Gasteiger partial charge in [-0.15, -0.1) is 0 Å². The van der Waals surface area contributed by atoms with Crippen molar-refractivity contribution in [1.29, 1.82) is 0 Å². The molecular weight excluding hydrogens is 240 g/mol. The molecule has 1 aromatic carbocycles. The molecule has 0 amide bonds. The predicted molar refractivity (Wildman–Crippen MR) is 76.9 cm³/mol. The Morgan fingerprint density at radius 1 is 1.16 bits per heavy atom. The van der Waals surface area contributed by atoms with Crippen LogP contribution in [0.2, 0.25) is 0 Å². The number of rotatable bonds is 3. The van der Waals surface area contributed by atoms with E-state index in [1.807, 2.05) is 39.0 Å². The molecule has 3 N–H and O–H groups in total. The second-order valence-electron chi connectivity index (χ2n) is 4.46. The van der Waals surface area contributed by atoms with Gasteiger partial charge < -0.3 is 15.8 Å². The number of aryl methyl sites for hydroxylation is 2. The van der Waals surface area contributed by atoms with E-state index < -0.39 is 0 Å². The minimum absolute atomic E-state index is 0.488. The van der Waals surface area contributed by atoms with Crippen molar-refractivity contribution in [3.05, 3.63) is 35.2 Å². The Morgan fingerprint density at radius 3 is 2.58 bits per heavy atom. The summed E-state index contributed by atoms with van der Waals surface area (Å²) in [7, 11) is 1.64. The maximum atomic E-state index is 5.85. The number of hydrogen-bond donors (Lipinski definition) is 2. The molecule has 2 aromatic rings. The maximum absolute atomic E-state index is 5.85. The topological polar surface area (TPSA) is 73.1 Å². The molecule has 0 aliphatic carbocycles. The molecule has 5 heteroatoms. The Hall–Kier alpha value is -2.30. The summed E-state index contributed by atoms with van der Waals surface area (Å²) < 4.78 is 5.34. The van der Waals surface area contributed by atoms with Crippen molar-refractivity contribution in [2.24, 2.45) is 0 Å². The number of methoxy groups -OCH3 is 1. The van der Waals surface area contributed by atoms with Crippen LogP contribution in [0.3, 0.4) is 0 Å². The fourth-order valence-electron chi connectivity index (χ4n) is 1.82. The first-order valence-electron chi connectivity index (χ1n) is 6.03. The van der Waals surface area contributed by atoms with E-state index in [0.717, 1.165) is 22.6 Å². The lowest BCUT2D eigenvalue weighted by atomic mass is 10.2. The standard InChI is InChI=1S/C14H18N4O/c1-8-5-6-12(19-4)11(7-8)18-14-9(2)13(15)16-10(3)17-14/h5-7H,1-4H3,(H3,15,16,17,18). The molecule has 0 aliphatic heterocycles. The summed E-state index contributed by atoms with van der Waals surface area (Å²) in [4.78, 5) is 8.51. The first kappa shape index (κ1) is 13.1. The van der Waals surface area contributed by atoms with Crippen molar-refractivity contribution in [3.63, 3.8) is 0 Å². The Labute approximate surface area is 112 Å². The quantitative estimate of drug-likeness (QED) is 0.885. The van der Waals surface area contributed by atoms with Gasteiger partial charge in [0.25, 0.3) is 0 Å². The van der Waals surface area contributed by atoms with Crippen molar-refractivity contribution in [3.8, 4) is 5.75 Å². The van der Waals surface area contributed by atoms with E-state index >= 15 is 0 Å². The summed E-state index contributed by atoms with van der Waals surface area (Å²) in [6.07, 6.45) is 0. The highest BCUT2D eigenvalue weighted by Crippen LogP contribution is 2.29. The second-order valence-corrected chi connectivity index (χ2v) is 4.46. The van der Waals surface area contributed by atoms with Gasteiger partial charge in [0.1, 0.15) is 23.2 Å². The van der Waals surface area contributed by atoms with Gasteiger partial charge in [0.2, 0.25) is 0 Å². The summed E-state index contributed by atoms with van der Waals surface area (Å²) in [6, 6.07) is 5.92. The number of nitrogens with two attached hydrogens (primary N) is 1. The van der Waals surface area contributed by atoms with Gasteiger partial charge in [-0.2, -0.15) is 0 Å². The van der Waals surface area contributed by atoms with Crippen molar-refractivity contribution in [1.82, 2.24) is 9.97 Å². The number of aromatic nitrogens is 2. The number of nitrogens with zero attached hydrogens (tertiary/aromatic N) is 2. The van der Waals surface area contributed by atoms with Crippen LogP contribution in [0.1, 0.15) is 17.0 Å². The van der Waals surface area contributed by atoms with Crippen LogP contribution in [0, 0.1) is 20.8 Å². The van der Waals surface area contributed by atoms with E-state index in [2.05, 4.69) is 15.3 Å². The number of nitrogen functional groups attached to an aromatic ring is 1. The van der Waals surface area contributed by atoms with Crippen LogP contribution in [0.15, 0.2) is 18.2 Å². The van der Waals surface area contributed by atoms with Gasteiger partial charge in [0.05, 0.1) is 12.8 Å². The summed E-state index contributed by atoms with van der Waals surface area (Å²) in [5.41, 5.74) is 8.68. The van der Waals surface area contributed by atoms with Crippen LogP contribution in [0.25, 0.3) is 0 Å². The summed E-state index contributed by atoms with van der Waals surface area (Å²) in [6.45, 7) is 5.73. The van der Waals surface area contributed by atoms with Gasteiger partial charge in [-0.3, -0.25) is 0 Å². The number of benzene rings is 1. The Balaban J connectivity index is 2.44. The van der Waals surface area contributed by atoms with E-state index in [-0.39, 0.29) is 0 Å². The minimum atomic E-state index is 0.488. The fraction of sp³-hybridized carbons (Fsp3) is 0.286. The highest BCUT2D eigenvalue weighted by Gasteiger charge is 2.09. The van der Waals surface area contributed by atoms with Gasteiger partial charge >= 0.3 is 0 Å². The average molecular weight is 258 g/mol. The summed E-state index contributed by atoms with van der Waals surface area (Å²) in [5, 5.41) is 3.26. The predicted octanol–water partition coefficient (Wildman–Crippen LogP) is 2.74. The fourth-order valence-corrected chi connectivity index (χ4v) is 1.82. The second kappa shape index (κ2) is 5.14. The third-order valence-electron chi connectivity index (χ3n) is 2.90. The first-order chi connectivity index (χ1) is 9.01. The molecule has 19 heavy (non-hydrogen) atoms. The Kier molecular flexibility index (Phi) is 3.55. The molecule has 1 aromatic heterocycles. The monoisotopic (exact) mass is 258 g/mol. The molecule has 0 radical (unpaired) electrons. The number of nitrogens with one attached hydrogen (secondary N) is 1. The van der Waals surface area contributed by atoms with Gasteiger partial charge in [-0.05, 0) is 38.5 Å². The van der Waals surface area contributed by atoms with Gasteiger partial charge in [-0.1, -0.05) is 6.07 Å². The summed E-state index contributed by atoms with van der Waals surface area (Å²) >= 11 is 0. The van der Waals surface area contributed by atoms with Gasteiger partial charge in [-0.25, -0.2) is 9.97 Å². The van der Waals surface area contributed by atoms with Crippen molar-refractivity contribution in [2.45, 2.75) is 20.8 Å². The van der Waals surface area contributed by atoms with Crippen LogP contribution in [0.4, 0.5) is 17.3 Å². The highest BCUT2D eigenvalue weighted by atomic mass is 16.5. The van der Waals surface area contributed by atoms with Crippen LogP contribution >= 0.6 is 0 Å². The first-order valence-corrected chi connectivity index (χ1v) is 6.03.